The van der Waals surface area contributed by atoms with Crippen LogP contribution < -0.4 is 14.2 Å². The van der Waals surface area contributed by atoms with Crippen LogP contribution in [0.3, 0.4) is 0 Å². The van der Waals surface area contributed by atoms with Gasteiger partial charge in [0.2, 0.25) is 12.6 Å². The van der Waals surface area contributed by atoms with Gasteiger partial charge in [-0.2, -0.15) is 0 Å². The first kappa shape index (κ1) is 22.6. The van der Waals surface area contributed by atoms with E-state index < -0.39 is 0 Å². The Hall–Kier alpha value is -3.22. The lowest BCUT2D eigenvalue weighted by atomic mass is 10.1. The van der Waals surface area contributed by atoms with Gasteiger partial charge in [0.05, 0.1) is 10.0 Å². The molecule has 0 atom stereocenters. The minimum atomic E-state index is -0.166. The summed E-state index contributed by atoms with van der Waals surface area (Å²) in [5, 5.41) is 1.52. The number of aryl methyl sites for hydroxylation is 2. The summed E-state index contributed by atoms with van der Waals surface area (Å²) in [6.07, 6.45) is 0. The summed E-state index contributed by atoms with van der Waals surface area (Å²) < 4.78 is 18.9. The predicted molar refractivity (Wildman–Crippen MR) is 132 cm³/mol. The molecule has 0 saturated heterocycles. The molecule has 0 amide bonds. The zero-order valence-electron chi connectivity index (χ0n) is 18.9. The molecule has 4 aromatic rings. The number of Topliss-reactive ketones (excluding diaryl/α,β-unsaturated/α-hetero) is 1. The molecule has 2 aromatic carbocycles. The molecule has 3 heterocycles. The second-order valence-electron chi connectivity index (χ2n) is 8.29. The standard InChI is InChI=1S/C26H22Cl2N2O4/c1-14-4-6-18-20(27)10-21(28)26(25(18)29-14)32-12-22(31)19-8-15(2)30(16(19)3)11-17-5-7-23-24(9-17)34-13-33-23/h4-10H,11-13H2,1-3H3. The van der Waals surface area contributed by atoms with E-state index in [1.807, 2.05) is 57.2 Å². The first-order valence-corrected chi connectivity index (χ1v) is 11.5. The summed E-state index contributed by atoms with van der Waals surface area (Å²) in [4.78, 5) is 17.7. The van der Waals surface area contributed by atoms with Crippen molar-refractivity contribution < 1.29 is 19.0 Å². The lowest BCUT2D eigenvalue weighted by Crippen LogP contribution is -2.14. The number of fused-ring (bicyclic) bond motifs is 2. The highest BCUT2D eigenvalue weighted by atomic mass is 35.5. The molecule has 0 spiro atoms. The fourth-order valence-corrected chi connectivity index (χ4v) is 4.76. The number of pyridine rings is 1. The van der Waals surface area contributed by atoms with Crippen molar-refractivity contribution in [3.05, 3.63) is 80.7 Å². The molecule has 8 heteroatoms. The number of halogens is 2. The summed E-state index contributed by atoms with van der Waals surface area (Å²) >= 11 is 12.7. The first-order valence-electron chi connectivity index (χ1n) is 10.8. The quantitative estimate of drug-likeness (QED) is 0.292. The van der Waals surface area contributed by atoms with Crippen molar-refractivity contribution in [2.45, 2.75) is 27.3 Å². The van der Waals surface area contributed by atoms with Crippen LogP contribution in [0.2, 0.25) is 10.0 Å². The van der Waals surface area contributed by atoms with E-state index in [-0.39, 0.29) is 19.2 Å². The lowest BCUT2D eigenvalue weighted by Gasteiger charge is -2.13. The third kappa shape index (κ3) is 4.08. The van der Waals surface area contributed by atoms with Crippen LogP contribution in [0.5, 0.6) is 17.2 Å². The van der Waals surface area contributed by atoms with E-state index in [1.54, 1.807) is 6.07 Å². The van der Waals surface area contributed by atoms with Crippen molar-refractivity contribution >= 4 is 39.9 Å². The Balaban J connectivity index is 1.38. The van der Waals surface area contributed by atoms with Gasteiger partial charge in [0, 0.05) is 34.6 Å². The molecule has 6 nitrogen and oxygen atoms in total. The van der Waals surface area contributed by atoms with E-state index in [2.05, 4.69) is 9.55 Å². The second-order valence-corrected chi connectivity index (χ2v) is 9.10. The molecule has 174 valence electrons. The lowest BCUT2D eigenvalue weighted by molar-refractivity contribution is 0.0922. The van der Waals surface area contributed by atoms with Crippen molar-refractivity contribution in [1.29, 1.82) is 0 Å². The molecule has 0 N–H and O–H groups in total. The van der Waals surface area contributed by atoms with Gasteiger partial charge in [0.25, 0.3) is 0 Å². The molecule has 0 radical (unpaired) electrons. The number of nitrogens with zero attached hydrogens (tertiary/aromatic N) is 2. The summed E-state index contributed by atoms with van der Waals surface area (Å²) in [6.45, 7) is 6.47. The normalized spacial score (nSPS) is 12.4. The molecule has 0 unspecified atom stereocenters. The number of rotatable bonds is 6. The number of carbonyl (C=O) groups excluding carboxylic acids is 1. The fraction of sp³-hybridized carbons (Fsp3) is 0.231. The van der Waals surface area contributed by atoms with Crippen LogP contribution in [0.15, 0.2) is 42.5 Å². The Labute approximate surface area is 207 Å². The van der Waals surface area contributed by atoms with Crippen molar-refractivity contribution in [2.24, 2.45) is 0 Å². The van der Waals surface area contributed by atoms with Gasteiger partial charge < -0.3 is 18.8 Å². The average molecular weight is 497 g/mol. The topological polar surface area (TPSA) is 62.6 Å². The minimum Gasteiger partial charge on any atom is -0.482 e. The number of carbonyl (C=O) groups is 1. The number of ether oxygens (including phenoxy) is 3. The second kappa shape index (κ2) is 8.85. The third-order valence-corrected chi connectivity index (χ3v) is 6.57. The molecular weight excluding hydrogens is 475 g/mol. The van der Waals surface area contributed by atoms with Gasteiger partial charge in [-0.05, 0) is 62.7 Å². The monoisotopic (exact) mass is 496 g/mol. The Kier molecular flexibility index (Phi) is 5.88. The summed E-state index contributed by atoms with van der Waals surface area (Å²) in [5.41, 5.74) is 4.85. The van der Waals surface area contributed by atoms with E-state index >= 15 is 0 Å². The maximum Gasteiger partial charge on any atom is 0.231 e. The maximum atomic E-state index is 13.1. The van der Waals surface area contributed by atoms with Crippen LogP contribution in [-0.4, -0.2) is 28.7 Å². The van der Waals surface area contributed by atoms with Gasteiger partial charge in [-0.25, -0.2) is 4.98 Å². The van der Waals surface area contributed by atoms with Crippen LogP contribution in [0.1, 0.15) is 33.0 Å². The van der Waals surface area contributed by atoms with Gasteiger partial charge >= 0.3 is 0 Å². The summed E-state index contributed by atoms with van der Waals surface area (Å²) in [5.74, 6) is 1.69. The Morgan fingerprint density at radius 2 is 1.82 bits per heavy atom. The zero-order chi connectivity index (χ0) is 24.0. The molecular formula is C26H22Cl2N2O4. The average Bonchev–Trinajstić information content (AvgIpc) is 3.38. The highest BCUT2D eigenvalue weighted by Crippen LogP contribution is 2.37. The fourth-order valence-electron chi connectivity index (χ4n) is 4.19. The van der Waals surface area contributed by atoms with E-state index in [0.29, 0.717) is 33.4 Å². The minimum absolute atomic E-state index is 0.142. The number of aromatic nitrogens is 2. The highest BCUT2D eigenvalue weighted by Gasteiger charge is 2.20. The van der Waals surface area contributed by atoms with Gasteiger partial charge in [0.15, 0.2) is 23.9 Å². The maximum absolute atomic E-state index is 13.1. The molecule has 2 aromatic heterocycles. The highest BCUT2D eigenvalue weighted by molar-refractivity contribution is 6.39. The Morgan fingerprint density at radius 1 is 1.03 bits per heavy atom. The molecule has 0 fully saturated rings. The van der Waals surface area contributed by atoms with Gasteiger partial charge in [-0.3, -0.25) is 4.79 Å². The van der Waals surface area contributed by atoms with Gasteiger partial charge in [0.1, 0.15) is 5.52 Å². The first-order chi connectivity index (χ1) is 16.3. The third-order valence-electron chi connectivity index (χ3n) is 5.98. The molecule has 5 rings (SSSR count). The molecule has 1 aliphatic rings. The van der Waals surface area contributed by atoms with Crippen molar-refractivity contribution in [2.75, 3.05) is 13.4 Å². The number of benzene rings is 2. The summed E-state index contributed by atoms with van der Waals surface area (Å²) in [6, 6.07) is 13.1. The molecule has 1 aliphatic heterocycles. The van der Waals surface area contributed by atoms with Crippen molar-refractivity contribution in [1.82, 2.24) is 9.55 Å². The van der Waals surface area contributed by atoms with Gasteiger partial charge in [-0.1, -0.05) is 29.3 Å². The molecule has 0 bridgehead atoms. The Bertz CT molecular complexity index is 1450. The van der Waals surface area contributed by atoms with E-state index in [9.17, 15) is 4.79 Å². The predicted octanol–water partition coefficient (Wildman–Crippen LogP) is 6.31. The number of hydrogen-bond donors (Lipinski definition) is 0. The van der Waals surface area contributed by atoms with Crippen LogP contribution >= 0.6 is 23.2 Å². The number of hydrogen-bond acceptors (Lipinski definition) is 5. The largest absolute Gasteiger partial charge is 0.482 e. The van der Waals surface area contributed by atoms with Crippen LogP contribution in [0, 0.1) is 20.8 Å². The molecule has 0 saturated carbocycles. The van der Waals surface area contributed by atoms with E-state index in [4.69, 9.17) is 37.4 Å². The van der Waals surface area contributed by atoms with Crippen LogP contribution in [0.25, 0.3) is 10.9 Å². The molecule has 34 heavy (non-hydrogen) atoms. The van der Waals surface area contributed by atoms with Gasteiger partial charge in [-0.15, -0.1) is 0 Å². The zero-order valence-corrected chi connectivity index (χ0v) is 20.5. The van der Waals surface area contributed by atoms with Crippen molar-refractivity contribution in [3.8, 4) is 17.2 Å². The van der Waals surface area contributed by atoms with E-state index in [0.717, 1.165) is 39.5 Å². The Morgan fingerprint density at radius 3 is 2.65 bits per heavy atom. The molecule has 0 aliphatic carbocycles. The van der Waals surface area contributed by atoms with Crippen LogP contribution in [-0.2, 0) is 6.54 Å². The van der Waals surface area contributed by atoms with E-state index in [1.165, 1.54) is 0 Å². The SMILES string of the molecule is Cc1ccc2c(Cl)cc(Cl)c(OCC(=O)c3cc(C)n(Cc4ccc5c(c4)OCO5)c3C)c2n1. The van der Waals surface area contributed by atoms with Crippen LogP contribution in [0.4, 0.5) is 0 Å². The summed E-state index contributed by atoms with van der Waals surface area (Å²) in [7, 11) is 0. The number of ketones is 1. The smallest absolute Gasteiger partial charge is 0.231 e. The van der Waals surface area contributed by atoms with Crippen molar-refractivity contribution in [3.63, 3.8) is 0 Å².